The summed E-state index contributed by atoms with van der Waals surface area (Å²) in [4.78, 5) is 2.98. The SMILES string of the molecule is NC(=S)Cc1ccc(OCCN2CCSCC2)cc1. The standard InChI is InChI=1S/C14H20N2OS2/c15-14(18)11-12-1-3-13(4-2-12)17-8-5-16-6-9-19-10-7-16/h1-4H,5-11H2,(H2,15,18). The van der Waals surface area contributed by atoms with Crippen LogP contribution in [0.2, 0.25) is 0 Å². The van der Waals surface area contributed by atoms with E-state index in [1.165, 1.54) is 24.6 Å². The Morgan fingerprint density at radius 3 is 2.58 bits per heavy atom. The smallest absolute Gasteiger partial charge is 0.119 e. The van der Waals surface area contributed by atoms with E-state index < -0.39 is 0 Å². The lowest BCUT2D eigenvalue weighted by Crippen LogP contribution is -2.35. The zero-order chi connectivity index (χ0) is 13.5. The van der Waals surface area contributed by atoms with Crippen LogP contribution in [0.15, 0.2) is 24.3 Å². The normalized spacial score (nSPS) is 16.2. The van der Waals surface area contributed by atoms with Gasteiger partial charge in [-0.05, 0) is 17.7 Å². The fraction of sp³-hybridized carbons (Fsp3) is 0.500. The second-order valence-electron chi connectivity index (χ2n) is 4.59. The molecule has 3 nitrogen and oxygen atoms in total. The van der Waals surface area contributed by atoms with E-state index in [1.54, 1.807) is 0 Å². The third kappa shape index (κ3) is 5.38. The summed E-state index contributed by atoms with van der Waals surface area (Å²) in [6.45, 7) is 4.12. The molecule has 1 fully saturated rings. The number of nitrogens with zero attached hydrogens (tertiary/aromatic N) is 1. The van der Waals surface area contributed by atoms with E-state index in [1.807, 2.05) is 36.0 Å². The first-order chi connectivity index (χ1) is 9.24. The number of thioether (sulfide) groups is 1. The van der Waals surface area contributed by atoms with Crippen molar-refractivity contribution < 1.29 is 4.74 Å². The molecule has 0 bridgehead atoms. The summed E-state index contributed by atoms with van der Waals surface area (Å²) in [5.74, 6) is 3.40. The van der Waals surface area contributed by atoms with Crippen LogP contribution in [-0.4, -0.2) is 47.6 Å². The van der Waals surface area contributed by atoms with Crippen molar-refractivity contribution in [3.63, 3.8) is 0 Å². The average Bonchev–Trinajstić information content (AvgIpc) is 2.41. The molecule has 0 amide bonds. The summed E-state index contributed by atoms with van der Waals surface area (Å²) in [5, 5.41) is 0. The van der Waals surface area contributed by atoms with Gasteiger partial charge < -0.3 is 10.5 Å². The molecule has 0 aliphatic carbocycles. The predicted molar refractivity (Wildman–Crippen MR) is 86.2 cm³/mol. The first-order valence-corrected chi connectivity index (χ1v) is 8.10. The molecule has 0 spiro atoms. The molecule has 104 valence electrons. The Morgan fingerprint density at radius 1 is 1.26 bits per heavy atom. The molecule has 1 heterocycles. The molecule has 1 aliphatic rings. The van der Waals surface area contributed by atoms with E-state index in [0.717, 1.165) is 24.5 Å². The highest BCUT2D eigenvalue weighted by Gasteiger charge is 2.09. The van der Waals surface area contributed by atoms with E-state index in [0.29, 0.717) is 11.4 Å². The summed E-state index contributed by atoms with van der Waals surface area (Å²) in [6.07, 6.45) is 0.654. The van der Waals surface area contributed by atoms with Gasteiger partial charge in [0.05, 0.1) is 4.99 Å². The maximum Gasteiger partial charge on any atom is 0.119 e. The van der Waals surface area contributed by atoms with Crippen LogP contribution in [0.1, 0.15) is 5.56 Å². The van der Waals surface area contributed by atoms with Gasteiger partial charge in [0.2, 0.25) is 0 Å². The molecular weight excluding hydrogens is 276 g/mol. The van der Waals surface area contributed by atoms with Crippen LogP contribution in [0.5, 0.6) is 5.75 Å². The zero-order valence-electron chi connectivity index (χ0n) is 11.0. The largest absolute Gasteiger partial charge is 0.492 e. The summed E-state index contributed by atoms with van der Waals surface area (Å²) in [5.41, 5.74) is 6.65. The molecule has 0 unspecified atom stereocenters. The molecule has 1 saturated heterocycles. The average molecular weight is 296 g/mol. The highest BCUT2D eigenvalue weighted by atomic mass is 32.2. The van der Waals surface area contributed by atoms with Crippen LogP contribution >= 0.6 is 24.0 Å². The Labute approximate surface area is 124 Å². The predicted octanol–water partition coefficient (Wildman–Crippen LogP) is 1.94. The lowest BCUT2D eigenvalue weighted by molar-refractivity contribution is 0.222. The maximum atomic E-state index is 5.76. The Bertz CT molecular complexity index is 402. The quantitative estimate of drug-likeness (QED) is 0.812. The summed E-state index contributed by atoms with van der Waals surface area (Å²) in [6, 6.07) is 8.01. The van der Waals surface area contributed by atoms with Crippen LogP contribution < -0.4 is 10.5 Å². The van der Waals surface area contributed by atoms with Gasteiger partial charge in [-0.1, -0.05) is 24.4 Å². The van der Waals surface area contributed by atoms with Gasteiger partial charge in [-0.3, -0.25) is 4.90 Å². The number of hydrogen-bond acceptors (Lipinski definition) is 4. The molecule has 0 atom stereocenters. The van der Waals surface area contributed by atoms with E-state index in [4.69, 9.17) is 22.7 Å². The summed E-state index contributed by atoms with van der Waals surface area (Å²) < 4.78 is 5.76. The molecular formula is C14H20N2OS2. The third-order valence-electron chi connectivity index (χ3n) is 3.08. The van der Waals surface area contributed by atoms with Crippen molar-refractivity contribution in [3.8, 4) is 5.75 Å². The van der Waals surface area contributed by atoms with Crippen molar-refractivity contribution in [2.75, 3.05) is 37.7 Å². The Balaban J connectivity index is 1.71. The van der Waals surface area contributed by atoms with Crippen molar-refractivity contribution in [3.05, 3.63) is 29.8 Å². The van der Waals surface area contributed by atoms with Crippen LogP contribution in [0.3, 0.4) is 0 Å². The lowest BCUT2D eigenvalue weighted by atomic mass is 10.1. The minimum absolute atomic E-state index is 0.525. The van der Waals surface area contributed by atoms with Gasteiger partial charge in [-0.25, -0.2) is 0 Å². The molecule has 0 radical (unpaired) electrons. The molecule has 2 rings (SSSR count). The van der Waals surface area contributed by atoms with Crippen molar-refractivity contribution in [1.82, 2.24) is 4.90 Å². The van der Waals surface area contributed by atoms with Crippen LogP contribution in [-0.2, 0) is 6.42 Å². The lowest BCUT2D eigenvalue weighted by Gasteiger charge is -2.25. The second kappa shape index (κ2) is 7.72. The third-order valence-corrected chi connectivity index (χ3v) is 4.17. The van der Waals surface area contributed by atoms with E-state index in [2.05, 4.69) is 4.90 Å². The molecule has 1 aromatic carbocycles. The van der Waals surface area contributed by atoms with Gasteiger partial charge >= 0.3 is 0 Å². The Kier molecular flexibility index (Phi) is 5.94. The van der Waals surface area contributed by atoms with E-state index in [9.17, 15) is 0 Å². The summed E-state index contributed by atoms with van der Waals surface area (Å²) >= 11 is 6.92. The van der Waals surface area contributed by atoms with Crippen LogP contribution in [0, 0.1) is 0 Å². The van der Waals surface area contributed by atoms with Crippen molar-refractivity contribution in [2.24, 2.45) is 5.73 Å². The molecule has 0 aromatic heterocycles. The summed E-state index contributed by atoms with van der Waals surface area (Å²) in [7, 11) is 0. The van der Waals surface area contributed by atoms with Crippen LogP contribution in [0.25, 0.3) is 0 Å². The minimum atomic E-state index is 0.525. The van der Waals surface area contributed by atoms with Gasteiger partial charge in [0.25, 0.3) is 0 Å². The highest BCUT2D eigenvalue weighted by Crippen LogP contribution is 2.13. The Morgan fingerprint density at radius 2 is 1.95 bits per heavy atom. The number of ether oxygens (including phenoxy) is 1. The van der Waals surface area contributed by atoms with Crippen molar-refractivity contribution in [2.45, 2.75) is 6.42 Å². The molecule has 5 heteroatoms. The highest BCUT2D eigenvalue weighted by molar-refractivity contribution is 7.99. The molecule has 2 N–H and O–H groups in total. The number of hydrogen-bond donors (Lipinski definition) is 1. The van der Waals surface area contributed by atoms with Gasteiger partial charge in [0.1, 0.15) is 12.4 Å². The van der Waals surface area contributed by atoms with Gasteiger partial charge in [-0.2, -0.15) is 11.8 Å². The molecule has 1 aromatic rings. The fourth-order valence-corrected chi connectivity index (χ4v) is 3.17. The van der Waals surface area contributed by atoms with E-state index in [-0.39, 0.29) is 0 Å². The van der Waals surface area contributed by atoms with Crippen molar-refractivity contribution >= 4 is 29.0 Å². The topological polar surface area (TPSA) is 38.5 Å². The first-order valence-electron chi connectivity index (χ1n) is 6.54. The molecule has 0 saturated carbocycles. The van der Waals surface area contributed by atoms with E-state index >= 15 is 0 Å². The monoisotopic (exact) mass is 296 g/mol. The number of rotatable bonds is 6. The number of thiocarbonyl (C=S) groups is 1. The van der Waals surface area contributed by atoms with Gasteiger partial charge in [0, 0.05) is 37.6 Å². The van der Waals surface area contributed by atoms with Crippen LogP contribution in [0.4, 0.5) is 0 Å². The fourth-order valence-electron chi connectivity index (χ4n) is 2.02. The maximum absolute atomic E-state index is 5.76. The number of benzene rings is 1. The molecule has 19 heavy (non-hydrogen) atoms. The molecule has 1 aliphatic heterocycles. The first kappa shape index (κ1) is 14.6. The van der Waals surface area contributed by atoms with Gasteiger partial charge in [0.15, 0.2) is 0 Å². The van der Waals surface area contributed by atoms with Crippen molar-refractivity contribution in [1.29, 1.82) is 0 Å². The Hall–Kier alpha value is -0.780. The number of nitrogens with two attached hydrogens (primary N) is 1. The second-order valence-corrected chi connectivity index (χ2v) is 6.34. The zero-order valence-corrected chi connectivity index (χ0v) is 12.6. The van der Waals surface area contributed by atoms with Gasteiger partial charge in [-0.15, -0.1) is 0 Å². The minimum Gasteiger partial charge on any atom is -0.492 e.